The Hall–Kier alpha value is -0.990. The Morgan fingerprint density at radius 3 is 2.81 bits per heavy atom. The third kappa shape index (κ3) is 1.53. The van der Waals surface area contributed by atoms with Gasteiger partial charge in [0.05, 0.1) is 11.1 Å². The van der Waals surface area contributed by atoms with Crippen LogP contribution in [0.4, 0.5) is 0 Å². The Morgan fingerprint density at radius 2 is 2.19 bits per heavy atom. The quantitative estimate of drug-likeness (QED) is 0.860. The van der Waals surface area contributed by atoms with E-state index in [9.17, 15) is 0 Å². The van der Waals surface area contributed by atoms with Crippen molar-refractivity contribution in [3.05, 3.63) is 34.5 Å². The molecule has 1 heterocycles. The van der Waals surface area contributed by atoms with E-state index < -0.39 is 0 Å². The van der Waals surface area contributed by atoms with Gasteiger partial charge in [0.15, 0.2) is 0 Å². The first kappa shape index (κ1) is 10.2. The second kappa shape index (κ2) is 3.51. The second-order valence-electron chi connectivity index (χ2n) is 4.62. The molecule has 3 rings (SSSR count). The van der Waals surface area contributed by atoms with Gasteiger partial charge in [-0.05, 0) is 43.4 Å². The Balaban J connectivity index is 2.14. The van der Waals surface area contributed by atoms with Crippen LogP contribution in [0.15, 0.2) is 22.6 Å². The molecule has 1 saturated carbocycles. The van der Waals surface area contributed by atoms with E-state index in [1.165, 1.54) is 12.8 Å². The van der Waals surface area contributed by atoms with Gasteiger partial charge in [-0.15, -0.1) is 0 Å². The van der Waals surface area contributed by atoms with Gasteiger partial charge in [0.1, 0.15) is 11.3 Å². The van der Waals surface area contributed by atoms with Crippen LogP contribution in [0.2, 0.25) is 5.02 Å². The molecule has 1 unspecified atom stereocenters. The smallest absolute Gasteiger partial charge is 0.138 e. The van der Waals surface area contributed by atoms with E-state index in [1.807, 2.05) is 25.1 Å². The van der Waals surface area contributed by atoms with Crippen molar-refractivity contribution in [2.45, 2.75) is 25.8 Å². The van der Waals surface area contributed by atoms with Crippen LogP contribution in [-0.4, -0.2) is 0 Å². The molecule has 2 nitrogen and oxygen atoms in total. The van der Waals surface area contributed by atoms with Crippen molar-refractivity contribution < 1.29 is 4.42 Å². The number of furan rings is 1. The van der Waals surface area contributed by atoms with E-state index in [4.69, 9.17) is 21.8 Å². The van der Waals surface area contributed by atoms with Gasteiger partial charge in [-0.1, -0.05) is 17.7 Å². The first-order chi connectivity index (χ1) is 7.66. The van der Waals surface area contributed by atoms with Gasteiger partial charge in [0, 0.05) is 5.39 Å². The summed E-state index contributed by atoms with van der Waals surface area (Å²) in [6.07, 6.45) is 2.43. The maximum Gasteiger partial charge on any atom is 0.138 e. The lowest BCUT2D eigenvalue weighted by Gasteiger charge is -2.04. The molecule has 16 heavy (non-hydrogen) atoms. The van der Waals surface area contributed by atoms with Crippen molar-refractivity contribution in [3.63, 3.8) is 0 Å². The van der Waals surface area contributed by atoms with Crippen LogP contribution in [0, 0.1) is 12.8 Å². The van der Waals surface area contributed by atoms with Crippen LogP contribution in [0.5, 0.6) is 0 Å². The first-order valence-electron chi connectivity index (χ1n) is 5.61. The minimum atomic E-state index is 0.0304. The molecule has 0 radical (unpaired) electrons. The van der Waals surface area contributed by atoms with Crippen LogP contribution < -0.4 is 5.73 Å². The zero-order chi connectivity index (χ0) is 11.3. The largest absolute Gasteiger partial charge is 0.459 e. The number of hydrogen-bond acceptors (Lipinski definition) is 2. The standard InChI is InChI=1S/C13H14ClNO/c1-7-2-5-10(14)9-6-11(16-13(7)9)12(15)8-3-4-8/h2,5-6,8,12H,3-4,15H2,1H3. The second-order valence-corrected chi connectivity index (χ2v) is 5.03. The van der Waals surface area contributed by atoms with Gasteiger partial charge in [-0.3, -0.25) is 0 Å². The number of nitrogens with two attached hydrogens (primary N) is 1. The average molecular weight is 236 g/mol. The number of aryl methyl sites for hydroxylation is 1. The molecule has 0 aliphatic heterocycles. The number of fused-ring (bicyclic) bond motifs is 1. The topological polar surface area (TPSA) is 39.2 Å². The molecule has 0 saturated heterocycles. The van der Waals surface area contributed by atoms with E-state index in [1.54, 1.807) is 0 Å². The van der Waals surface area contributed by atoms with E-state index in [2.05, 4.69) is 0 Å². The van der Waals surface area contributed by atoms with Crippen LogP contribution >= 0.6 is 11.6 Å². The third-order valence-corrected chi connectivity index (χ3v) is 3.63. The molecular weight excluding hydrogens is 222 g/mol. The number of hydrogen-bond donors (Lipinski definition) is 1. The zero-order valence-electron chi connectivity index (χ0n) is 9.16. The van der Waals surface area contributed by atoms with Crippen LogP contribution in [0.3, 0.4) is 0 Å². The van der Waals surface area contributed by atoms with Crippen LogP contribution in [0.1, 0.15) is 30.2 Å². The SMILES string of the molecule is Cc1ccc(Cl)c2cc(C(N)C3CC3)oc12. The van der Waals surface area contributed by atoms with Gasteiger partial charge >= 0.3 is 0 Å². The Morgan fingerprint density at radius 1 is 1.44 bits per heavy atom. The molecule has 2 N–H and O–H groups in total. The fourth-order valence-electron chi connectivity index (χ4n) is 2.10. The molecule has 0 spiro atoms. The molecule has 1 aromatic heterocycles. The van der Waals surface area contributed by atoms with E-state index >= 15 is 0 Å². The summed E-state index contributed by atoms with van der Waals surface area (Å²) in [7, 11) is 0. The molecule has 0 bridgehead atoms. The molecule has 1 aliphatic rings. The summed E-state index contributed by atoms with van der Waals surface area (Å²) in [6, 6.07) is 5.90. The molecule has 1 aromatic carbocycles. The lowest BCUT2D eigenvalue weighted by atomic mass is 10.1. The van der Waals surface area contributed by atoms with Crippen molar-refractivity contribution >= 4 is 22.6 Å². The fraction of sp³-hybridized carbons (Fsp3) is 0.385. The summed E-state index contributed by atoms with van der Waals surface area (Å²) in [5.41, 5.74) is 8.11. The number of rotatable bonds is 2. The van der Waals surface area contributed by atoms with E-state index in [0.717, 1.165) is 27.3 Å². The molecule has 1 fully saturated rings. The fourth-order valence-corrected chi connectivity index (χ4v) is 2.30. The molecule has 1 atom stereocenters. The maximum atomic E-state index is 6.14. The predicted molar refractivity (Wildman–Crippen MR) is 65.6 cm³/mol. The normalized spacial score (nSPS) is 17.9. The minimum absolute atomic E-state index is 0.0304. The summed E-state index contributed by atoms with van der Waals surface area (Å²) < 4.78 is 5.83. The molecule has 2 aromatic rings. The molecule has 3 heteroatoms. The predicted octanol–water partition coefficient (Wildman–Crippen LogP) is 3.80. The third-order valence-electron chi connectivity index (χ3n) is 3.30. The monoisotopic (exact) mass is 235 g/mol. The van der Waals surface area contributed by atoms with Crippen molar-refractivity contribution in [2.75, 3.05) is 0 Å². The molecular formula is C13H14ClNO. The Labute approximate surface area is 99.4 Å². The van der Waals surface area contributed by atoms with Gasteiger partial charge in [-0.2, -0.15) is 0 Å². The number of halogens is 1. The van der Waals surface area contributed by atoms with Gasteiger partial charge in [-0.25, -0.2) is 0 Å². The highest BCUT2D eigenvalue weighted by molar-refractivity contribution is 6.35. The average Bonchev–Trinajstić information content (AvgIpc) is 3.01. The van der Waals surface area contributed by atoms with Crippen LogP contribution in [-0.2, 0) is 0 Å². The minimum Gasteiger partial charge on any atom is -0.459 e. The highest BCUT2D eigenvalue weighted by Gasteiger charge is 2.31. The lowest BCUT2D eigenvalue weighted by Crippen LogP contribution is -2.10. The summed E-state index contributed by atoms with van der Waals surface area (Å²) in [5.74, 6) is 1.47. The summed E-state index contributed by atoms with van der Waals surface area (Å²) in [6.45, 7) is 2.02. The maximum absolute atomic E-state index is 6.14. The zero-order valence-corrected chi connectivity index (χ0v) is 9.92. The molecule has 1 aliphatic carbocycles. The van der Waals surface area contributed by atoms with Gasteiger partial charge < -0.3 is 10.2 Å². The van der Waals surface area contributed by atoms with Crippen molar-refractivity contribution in [1.29, 1.82) is 0 Å². The van der Waals surface area contributed by atoms with E-state index in [0.29, 0.717) is 5.92 Å². The van der Waals surface area contributed by atoms with Gasteiger partial charge in [0.25, 0.3) is 0 Å². The summed E-state index contributed by atoms with van der Waals surface area (Å²) in [5, 5.41) is 1.71. The molecule has 84 valence electrons. The summed E-state index contributed by atoms with van der Waals surface area (Å²) in [4.78, 5) is 0. The Kier molecular flexibility index (Phi) is 2.23. The lowest BCUT2D eigenvalue weighted by molar-refractivity contribution is 0.466. The highest BCUT2D eigenvalue weighted by Crippen LogP contribution is 2.41. The highest BCUT2D eigenvalue weighted by atomic mass is 35.5. The molecule has 0 amide bonds. The Bertz CT molecular complexity index is 503. The first-order valence-corrected chi connectivity index (χ1v) is 5.99. The van der Waals surface area contributed by atoms with E-state index in [-0.39, 0.29) is 6.04 Å². The van der Waals surface area contributed by atoms with Crippen LogP contribution in [0.25, 0.3) is 11.0 Å². The van der Waals surface area contributed by atoms with Gasteiger partial charge in [0.2, 0.25) is 0 Å². The van der Waals surface area contributed by atoms with Crippen molar-refractivity contribution in [1.82, 2.24) is 0 Å². The van der Waals surface area contributed by atoms with Crippen molar-refractivity contribution in [2.24, 2.45) is 11.7 Å². The van der Waals surface area contributed by atoms with Crippen molar-refractivity contribution in [3.8, 4) is 0 Å². The summed E-state index contributed by atoms with van der Waals surface area (Å²) >= 11 is 6.14. The number of benzene rings is 1.